The quantitative estimate of drug-likeness (QED) is 0.529. The molecule has 0 bridgehead atoms. The highest BCUT2D eigenvalue weighted by molar-refractivity contribution is 5.93. The molecule has 0 unspecified atom stereocenters. The van der Waals surface area contributed by atoms with Gasteiger partial charge in [0.25, 0.3) is 5.91 Å². The summed E-state index contributed by atoms with van der Waals surface area (Å²) in [6.45, 7) is 0.112. The van der Waals surface area contributed by atoms with Gasteiger partial charge in [-0.25, -0.2) is 23.1 Å². The Bertz CT molecular complexity index is 1250. The standard InChI is InChI=1S/C22H16F3N5O/c1-30-21(10-20(29-30)17-7-6-15(24)8-18(17)25)22(31)26-11-16-9-19(28-12-27-16)13-2-4-14(23)5-3-13/h2-10,12H,11H2,1H3,(H,26,31). The van der Waals surface area contributed by atoms with Crippen molar-refractivity contribution in [3.8, 4) is 22.5 Å². The van der Waals surface area contributed by atoms with Crippen LogP contribution in [-0.2, 0) is 13.6 Å². The number of carbonyl (C=O) groups excluding carboxylic acids is 1. The number of aromatic nitrogens is 4. The predicted molar refractivity (Wildman–Crippen MR) is 107 cm³/mol. The Kier molecular flexibility index (Phi) is 5.48. The highest BCUT2D eigenvalue weighted by Gasteiger charge is 2.17. The van der Waals surface area contributed by atoms with Gasteiger partial charge in [-0.05, 0) is 48.5 Å². The summed E-state index contributed by atoms with van der Waals surface area (Å²) in [7, 11) is 1.55. The van der Waals surface area contributed by atoms with Gasteiger partial charge in [0.2, 0.25) is 0 Å². The number of carbonyl (C=O) groups is 1. The SMILES string of the molecule is Cn1nc(-c2ccc(F)cc2F)cc1C(=O)NCc1cc(-c2ccc(F)cc2)ncn1. The van der Waals surface area contributed by atoms with E-state index >= 15 is 0 Å². The van der Waals surface area contributed by atoms with E-state index in [1.807, 2.05) is 0 Å². The van der Waals surface area contributed by atoms with E-state index in [2.05, 4.69) is 20.4 Å². The van der Waals surface area contributed by atoms with Gasteiger partial charge >= 0.3 is 0 Å². The normalized spacial score (nSPS) is 10.8. The van der Waals surface area contributed by atoms with Crippen LogP contribution in [0.15, 0.2) is 60.9 Å². The molecule has 0 aliphatic carbocycles. The van der Waals surface area contributed by atoms with Crippen molar-refractivity contribution in [2.75, 3.05) is 0 Å². The summed E-state index contributed by atoms with van der Waals surface area (Å²) in [4.78, 5) is 20.9. The fourth-order valence-corrected chi connectivity index (χ4v) is 3.04. The van der Waals surface area contributed by atoms with Crippen LogP contribution in [0.3, 0.4) is 0 Å². The van der Waals surface area contributed by atoms with Crippen molar-refractivity contribution in [2.24, 2.45) is 7.05 Å². The number of nitrogens with zero attached hydrogens (tertiary/aromatic N) is 4. The zero-order chi connectivity index (χ0) is 22.0. The summed E-state index contributed by atoms with van der Waals surface area (Å²) in [6.07, 6.45) is 1.36. The maximum atomic E-state index is 14.0. The molecule has 2 aromatic carbocycles. The van der Waals surface area contributed by atoms with E-state index in [1.165, 1.54) is 35.3 Å². The molecule has 9 heteroatoms. The minimum atomic E-state index is -0.764. The molecule has 156 valence electrons. The number of hydrogen-bond donors (Lipinski definition) is 1. The Morgan fingerprint density at radius 2 is 1.68 bits per heavy atom. The van der Waals surface area contributed by atoms with Gasteiger partial charge in [-0.1, -0.05) is 0 Å². The lowest BCUT2D eigenvalue weighted by Crippen LogP contribution is -2.25. The van der Waals surface area contributed by atoms with E-state index < -0.39 is 17.5 Å². The molecule has 4 aromatic rings. The molecular weight excluding hydrogens is 407 g/mol. The van der Waals surface area contributed by atoms with E-state index in [4.69, 9.17) is 0 Å². The van der Waals surface area contributed by atoms with Gasteiger partial charge in [-0.15, -0.1) is 0 Å². The Morgan fingerprint density at radius 3 is 2.42 bits per heavy atom. The maximum absolute atomic E-state index is 14.0. The highest BCUT2D eigenvalue weighted by Crippen LogP contribution is 2.23. The fourth-order valence-electron chi connectivity index (χ4n) is 3.04. The molecule has 0 spiro atoms. The number of hydrogen-bond acceptors (Lipinski definition) is 4. The van der Waals surface area contributed by atoms with E-state index in [1.54, 1.807) is 25.2 Å². The van der Waals surface area contributed by atoms with Crippen molar-refractivity contribution < 1.29 is 18.0 Å². The van der Waals surface area contributed by atoms with Crippen LogP contribution in [0.5, 0.6) is 0 Å². The molecule has 0 aliphatic heterocycles. The second-order valence-electron chi connectivity index (χ2n) is 6.75. The van der Waals surface area contributed by atoms with Crippen LogP contribution >= 0.6 is 0 Å². The van der Waals surface area contributed by atoms with Crippen molar-refractivity contribution in [2.45, 2.75) is 6.54 Å². The van der Waals surface area contributed by atoms with E-state index in [0.717, 1.165) is 12.1 Å². The van der Waals surface area contributed by atoms with Gasteiger partial charge in [0, 0.05) is 24.2 Å². The Morgan fingerprint density at radius 1 is 0.935 bits per heavy atom. The first-order valence-electron chi connectivity index (χ1n) is 9.25. The summed E-state index contributed by atoms with van der Waals surface area (Å²) < 4.78 is 41.6. The van der Waals surface area contributed by atoms with Gasteiger partial charge in [-0.2, -0.15) is 5.10 Å². The fraction of sp³-hybridized carbons (Fsp3) is 0.0909. The average Bonchev–Trinajstić information content (AvgIpc) is 3.14. The van der Waals surface area contributed by atoms with Crippen LogP contribution in [0.25, 0.3) is 22.5 Å². The topological polar surface area (TPSA) is 72.7 Å². The van der Waals surface area contributed by atoms with Gasteiger partial charge in [0.1, 0.15) is 29.5 Å². The molecule has 31 heavy (non-hydrogen) atoms. The third-order valence-electron chi connectivity index (χ3n) is 4.61. The zero-order valence-electron chi connectivity index (χ0n) is 16.3. The number of halogens is 3. The van der Waals surface area contributed by atoms with Gasteiger partial charge in [0.15, 0.2) is 0 Å². The number of aryl methyl sites for hydroxylation is 1. The molecule has 1 N–H and O–H groups in total. The lowest BCUT2D eigenvalue weighted by Gasteiger charge is -2.06. The van der Waals surface area contributed by atoms with Crippen LogP contribution in [0, 0.1) is 17.5 Å². The average molecular weight is 423 g/mol. The highest BCUT2D eigenvalue weighted by atomic mass is 19.1. The molecule has 4 rings (SSSR count). The molecule has 0 atom stereocenters. The predicted octanol–water partition coefficient (Wildman–Crippen LogP) is 3.89. The summed E-state index contributed by atoms with van der Waals surface area (Å²) in [6, 6.07) is 12.2. The van der Waals surface area contributed by atoms with Crippen LogP contribution in [-0.4, -0.2) is 25.7 Å². The molecule has 0 saturated carbocycles. The largest absolute Gasteiger partial charge is 0.345 e. The number of benzene rings is 2. The molecule has 2 aromatic heterocycles. The molecule has 0 saturated heterocycles. The molecule has 0 fully saturated rings. The Balaban J connectivity index is 1.49. The van der Waals surface area contributed by atoms with Gasteiger partial charge < -0.3 is 5.32 Å². The first-order valence-corrected chi connectivity index (χ1v) is 9.25. The second-order valence-corrected chi connectivity index (χ2v) is 6.75. The van der Waals surface area contributed by atoms with E-state index in [9.17, 15) is 18.0 Å². The van der Waals surface area contributed by atoms with Crippen LogP contribution < -0.4 is 5.32 Å². The smallest absolute Gasteiger partial charge is 0.269 e. The van der Waals surface area contributed by atoms with Crippen LogP contribution in [0.2, 0.25) is 0 Å². The number of rotatable bonds is 5. The van der Waals surface area contributed by atoms with E-state index in [-0.39, 0.29) is 29.3 Å². The van der Waals surface area contributed by atoms with Gasteiger partial charge in [0.05, 0.1) is 23.6 Å². The zero-order valence-corrected chi connectivity index (χ0v) is 16.3. The first-order chi connectivity index (χ1) is 14.9. The number of nitrogens with one attached hydrogen (secondary N) is 1. The summed E-state index contributed by atoms with van der Waals surface area (Å²) in [5.41, 5.74) is 2.37. The number of amides is 1. The van der Waals surface area contributed by atoms with Crippen LogP contribution in [0.1, 0.15) is 16.2 Å². The van der Waals surface area contributed by atoms with E-state index in [0.29, 0.717) is 17.0 Å². The summed E-state index contributed by atoms with van der Waals surface area (Å²) in [5.74, 6) is -2.24. The Labute approximate surface area is 175 Å². The minimum absolute atomic E-state index is 0.0933. The summed E-state index contributed by atoms with van der Waals surface area (Å²) >= 11 is 0. The lowest BCUT2D eigenvalue weighted by molar-refractivity contribution is 0.0941. The molecular formula is C22H16F3N5O. The van der Waals surface area contributed by atoms with Gasteiger partial charge in [-0.3, -0.25) is 9.48 Å². The second kappa shape index (κ2) is 8.39. The summed E-state index contributed by atoms with van der Waals surface area (Å²) in [5, 5.41) is 6.87. The maximum Gasteiger partial charge on any atom is 0.269 e. The molecule has 0 aliphatic rings. The monoisotopic (exact) mass is 423 g/mol. The molecule has 0 radical (unpaired) electrons. The van der Waals surface area contributed by atoms with Crippen LogP contribution in [0.4, 0.5) is 13.2 Å². The molecule has 1 amide bonds. The Hall–Kier alpha value is -4.01. The first kappa shape index (κ1) is 20.3. The third kappa shape index (κ3) is 4.45. The molecule has 6 nitrogen and oxygen atoms in total. The minimum Gasteiger partial charge on any atom is -0.345 e. The lowest BCUT2D eigenvalue weighted by atomic mass is 10.1. The van der Waals surface area contributed by atoms with Crippen molar-refractivity contribution in [3.05, 3.63) is 89.8 Å². The molecule has 2 heterocycles. The third-order valence-corrected chi connectivity index (χ3v) is 4.61. The van der Waals surface area contributed by atoms with Crippen molar-refractivity contribution in [1.29, 1.82) is 0 Å². The van der Waals surface area contributed by atoms with Crippen molar-refractivity contribution >= 4 is 5.91 Å². The van der Waals surface area contributed by atoms with Crippen molar-refractivity contribution in [3.63, 3.8) is 0 Å². The van der Waals surface area contributed by atoms with Crippen molar-refractivity contribution in [1.82, 2.24) is 25.1 Å².